The summed E-state index contributed by atoms with van der Waals surface area (Å²) in [5.41, 5.74) is 8.24. The number of fused-ring (bicyclic) bond motifs is 1. The van der Waals surface area contributed by atoms with Crippen LogP contribution in [0, 0.1) is 6.92 Å². The van der Waals surface area contributed by atoms with E-state index < -0.39 is 6.10 Å². The number of H-pyrrole nitrogens is 1. The van der Waals surface area contributed by atoms with Crippen molar-refractivity contribution in [3.8, 4) is 22.8 Å². The highest BCUT2D eigenvalue weighted by atomic mass is 16.7. The number of rotatable bonds is 3. The smallest absolute Gasteiger partial charge is 0.231 e. The molecule has 1 aliphatic heterocycles. The van der Waals surface area contributed by atoms with Crippen LogP contribution in [0.2, 0.25) is 0 Å². The lowest BCUT2D eigenvalue weighted by molar-refractivity contribution is 0.174. The quantitative estimate of drug-likeness (QED) is 0.769. The molecular weight excluding hydrogens is 246 g/mol. The average Bonchev–Trinajstić information content (AvgIpc) is 3.04. The SMILES string of the molecule is Cc1cc2c(cc1-c1cnc(C(O)CN)[nH]1)OCO2. The van der Waals surface area contributed by atoms with Gasteiger partial charge in [-0.25, -0.2) is 4.98 Å². The van der Waals surface area contributed by atoms with E-state index >= 15 is 0 Å². The predicted octanol–water partition coefficient (Wildman–Crippen LogP) is 1.11. The molecule has 2 heterocycles. The second-order valence-electron chi connectivity index (χ2n) is 4.45. The van der Waals surface area contributed by atoms with Gasteiger partial charge in [0.1, 0.15) is 11.9 Å². The second kappa shape index (κ2) is 4.56. The van der Waals surface area contributed by atoms with Gasteiger partial charge in [-0.05, 0) is 24.6 Å². The molecule has 6 heteroatoms. The Hall–Kier alpha value is -2.05. The highest BCUT2D eigenvalue weighted by molar-refractivity contribution is 5.68. The number of benzene rings is 1. The monoisotopic (exact) mass is 261 g/mol. The molecule has 1 aromatic carbocycles. The number of aliphatic hydroxyl groups excluding tert-OH is 1. The van der Waals surface area contributed by atoms with Crippen LogP contribution in [0.25, 0.3) is 11.3 Å². The fourth-order valence-electron chi connectivity index (χ4n) is 2.09. The van der Waals surface area contributed by atoms with E-state index in [-0.39, 0.29) is 13.3 Å². The van der Waals surface area contributed by atoms with Crippen molar-refractivity contribution >= 4 is 0 Å². The molecule has 1 aromatic heterocycles. The topological polar surface area (TPSA) is 93.4 Å². The molecule has 0 radical (unpaired) electrons. The van der Waals surface area contributed by atoms with Crippen LogP contribution in [0.4, 0.5) is 0 Å². The zero-order valence-corrected chi connectivity index (χ0v) is 10.5. The second-order valence-corrected chi connectivity index (χ2v) is 4.45. The number of aryl methyl sites for hydroxylation is 1. The number of aromatic nitrogens is 2. The number of hydrogen-bond acceptors (Lipinski definition) is 5. The van der Waals surface area contributed by atoms with Gasteiger partial charge in [-0.15, -0.1) is 0 Å². The highest BCUT2D eigenvalue weighted by Crippen LogP contribution is 2.38. The Morgan fingerprint density at radius 2 is 2.16 bits per heavy atom. The molecule has 100 valence electrons. The molecule has 1 atom stereocenters. The Bertz CT molecular complexity index is 609. The molecule has 0 saturated heterocycles. The fraction of sp³-hybridized carbons (Fsp3) is 0.308. The van der Waals surface area contributed by atoms with Crippen molar-refractivity contribution in [1.29, 1.82) is 0 Å². The van der Waals surface area contributed by atoms with E-state index in [0.29, 0.717) is 5.82 Å². The summed E-state index contributed by atoms with van der Waals surface area (Å²) < 4.78 is 10.7. The minimum absolute atomic E-state index is 0.132. The maximum absolute atomic E-state index is 9.65. The van der Waals surface area contributed by atoms with E-state index in [2.05, 4.69) is 9.97 Å². The number of nitrogens with one attached hydrogen (secondary N) is 1. The minimum Gasteiger partial charge on any atom is -0.454 e. The van der Waals surface area contributed by atoms with Crippen molar-refractivity contribution in [3.63, 3.8) is 0 Å². The van der Waals surface area contributed by atoms with E-state index in [1.807, 2.05) is 19.1 Å². The summed E-state index contributed by atoms with van der Waals surface area (Å²) in [6.07, 6.45) is 0.904. The number of ether oxygens (including phenoxy) is 2. The molecule has 1 unspecified atom stereocenters. The van der Waals surface area contributed by atoms with Crippen LogP contribution in [0.3, 0.4) is 0 Å². The summed E-state index contributed by atoms with van der Waals surface area (Å²) in [6, 6.07) is 3.83. The lowest BCUT2D eigenvalue weighted by Gasteiger charge is -2.06. The summed E-state index contributed by atoms with van der Waals surface area (Å²) in [5, 5.41) is 9.65. The lowest BCUT2D eigenvalue weighted by Crippen LogP contribution is -2.12. The predicted molar refractivity (Wildman–Crippen MR) is 68.9 cm³/mol. The van der Waals surface area contributed by atoms with Crippen LogP contribution in [0.15, 0.2) is 18.3 Å². The van der Waals surface area contributed by atoms with E-state index in [1.54, 1.807) is 6.20 Å². The van der Waals surface area contributed by atoms with Gasteiger partial charge < -0.3 is 25.3 Å². The number of nitrogens with zero attached hydrogens (tertiary/aromatic N) is 1. The van der Waals surface area contributed by atoms with Crippen LogP contribution < -0.4 is 15.2 Å². The molecule has 0 fully saturated rings. The average molecular weight is 261 g/mol. The third-order valence-corrected chi connectivity index (χ3v) is 3.14. The molecule has 0 amide bonds. The highest BCUT2D eigenvalue weighted by Gasteiger charge is 2.18. The van der Waals surface area contributed by atoms with Crippen LogP contribution in [-0.4, -0.2) is 28.4 Å². The number of nitrogens with two attached hydrogens (primary N) is 1. The third kappa shape index (κ3) is 2.05. The largest absolute Gasteiger partial charge is 0.454 e. The molecular formula is C13H15N3O3. The molecule has 0 aliphatic carbocycles. The van der Waals surface area contributed by atoms with Crippen molar-refractivity contribution in [2.75, 3.05) is 13.3 Å². The van der Waals surface area contributed by atoms with Gasteiger partial charge in [-0.1, -0.05) is 0 Å². The first-order valence-electron chi connectivity index (χ1n) is 6.02. The molecule has 0 bridgehead atoms. The molecule has 0 saturated carbocycles. The van der Waals surface area contributed by atoms with Crippen molar-refractivity contribution in [3.05, 3.63) is 29.7 Å². The lowest BCUT2D eigenvalue weighted by atomic mass is 10.1. The Labute approximate surface area is 110 Å². The number of aliphatic hydroxyl groups is 1. The zero-order valence-electron chi connectivity index (χ0n) is 10.5. The fourth-order valence-corrected chi connectivity index (χ4v) is 2.09. The van der Waals surface area contributed by atoms with E-state index in [0.717, 1.165) is 28.3 Å². The van der Waals surface area contributed by atoms with Gasteiger partial charge in [0.25, 0.3) is 0 Å². The maximum Gasteiger partial charge on any atom is 0.231 e. The van der Waals surface area contributed by atoms with Gasteiger partial charge in [0.05, 0.1) is 11.9 Å². The van der Waals surface area contributed by atoms with Crippen molar-refractivity contribution in [1.82, 2.24) is 9.97 Å². The molecule has 2 aromatic rings. The molecule has 0 spiro atoms. The number of imidazole rings is 1. The van der Waals surface area contributed by atoms with Gasteiger partial charge in [0.15, 0.2) is 11.5 Å². The Kier molecular flexibility index (Phi) is 2.88. The summed E-state index contributed by atoms with van der Waals surface area (Å²) in [7, 11) is 0. The summed E-state index contributed by atoms with van der Waals surface area (Å²) in [5.74, 6) is 1.94. The van der Waals surface area contributed by atoms with Crippen LogP contribution >= 0.6 is 0 Å². The van der Waals surface area contributed by atoms with Crippen molar-refractivity contribution < 1.29 is 14.6 Å². The van der Waals surface area contributed by atoms with E-state index in [4.69, 9.17) is 15.2 Å². The Morgan fingerprint density at radius 1 is 1.42 bits per heavy atom. The molecule has 1 aliphatic rings. The summed E-state index contributed by atoms with van der Waals surface area (Å²) in [6.45, 7) is 2.36. The summed E-state index contributed by atoms with van der Waals surface area (Å²) >= 11 is 0. The van der Waals surface area contributed by atoms with E-state index in [9.17, 15) is 5.11 Å². The van der Waals surface area contributed by atoms with Gasteiger partial charge in [0.2, 0.25) is 6.79 Å². The normalized spacial score (nSPS) is 14.7. The zero-order chi connectivity index (χ0) is 13.4. The molecule has 3 rings (SSSR count). The molecule has 4 N–H and O–H groups in total. The van der Waals surface area contributed by atoms with Crippen LogP contribution in [0.1, 0.15) is 17.5 Å². The first-order chi connectivity index (χ1) is 9.19. The number of aromatic amines is 1. The minimum atomic E-state index is -0.775. The van der Waals surface area contributed by atoms with Gasteiger partial charge in [0, 0.05) is 12.1 Å². The van der Waals surface area contributed by atoms with Crippen molar-refractivity contribution in [2.24, 2.45) is 5.73 Å². The van der Waals surface area contributed by atoms with E-state index in [1.165, 1.54) is 0 Å². The Morgan fingerprint density at radius 3 is 2.89 bits per heavy atom. The number of hydrogen-bond donors (Lipinski definition) is 3. The molecule has 6 nitrogen and oxygen atoms in total. The van der Waals surface area contributed by atoms with Gasteiger partial charge in [-0.2, -0.15) is 0 Å². The maximum atomic E-state index is 9.65. The first-order valence-corrected chi connectivity index (χ1v) is 6.02. The third-order valence-electron chi connectivity index (χ3n) is 3.14. The Balaban J connectivity index is 2.00. The van der Waals surface area contributed by atoms with Gasteiger partial charge >= 0.3 is 0 Å². The summed E-state index contributed by atoms with van der Waals surface area (Å²) in [4.78, 5) is 7.22. The molecule has 19 heavy (non-hydrogen) atoms. The van der Waals surface area contributed by atoms with Gasteiger partial charge in [-0.3, -0.25) is 0 Å². The standard InChI is InChI=1S/C13H15N3O3/c1-7-2-11-12(19-6-18-11)3-8(7)9-5-15-13(16-9)10(17)4-14/h2-3,5,10,17H,4,6,14H2,1H3,(H,15,16). The van der Waals surface area contributed by atoms with Crippen molar-refractivity contribution in [2.45, 2.75) is 13.0 Å². The van der Waals surface area contributed by atoms with Crippen LogP contribution in [0.5, 0.6) is 11.5 Å². The first kappa shape index (κ1) is 12.0. The van der Waals surface area contributed by atoms with Crippen LogP contribution in [-0.2, 0) is 0 Å².